The lowest BCUT2D eigenvalue weighted by molar-refractivity contribution is 0.0929. The molecule has 168 valence electrons. The summed E-state index contributed by atoms with van der Waals surface area (Å²) in [5.41, 5.74) is 4.96. The van der Waals surface area contributed by atoms with Gasteiger partial charge in [-0.2, -0.15) is 5.10 Å². The van der Waals surface area contributed by atoms with Gasteiger partial charge >= 0.3 is 5.91 Å². The van der Waals surface area contributed by atoms with Gasteiger partial charge in [-0.05, 0) is 95.2 Å². The normalized spacial score (nSPS) is 11.1. The van der Waals surface area contributed by atoms with Crippen molar-refractivity contribution >= 4 is 57.3 Å². The highest BCUT2D eigenvalue weighted by Gasteiger charge is 2.12. The minimum atomic E-state index is -0.432. The summed E-state index contributed by atoms with van der Waals surface area (Å²) in [6.07, 6.45) is 1.57. The molecule has 8 heteroatoms. The minimum Gasteiger partial charge on any atom is -0.494 e. The van der Waals surface area contributed by atoms with Crippen LogP contribution in [0.4, 0.5) is 0 Å². The molecule has 1 N–H and O–H groups in total. The van der Waals surface area contributed by atoms with Gasteiger partial charge < -0.3 is 13.9 Å². The maximum absolute atomic E-state index is 12.4. The van der Waals surface area contributed by atoms with Crippen molar-refractivity contribution in [3.63, 3.8) is 0 Å². The van der Waals surface area contributed by atoms with Crippen LogP contribution in [0.2, 0.25) is 5.02 Å². The van der Waals surface area contributed by atoms with E-state index < -0.39 is 5.91 Å². The molecule has 6 nitrogen and oxygen atoms in total. The standard InChI is InChI=1S/C25H20ClIN2O4/c1-2-31-20-8-10-22-18(12-20)13-24(33-22)25(30)29-28-14-17-5-9-23(21(27)11-17)32-15-16-3-6-19(26)7-4-16/h3-14H,2,15H2,1H3,(H,29,30)/b28-14+. The summed E-state index contributed by atoms with van der Waals surface area (Å²) in [7, 11) is 0. The van der Waals surface area contributed by atoms with Gasteiger partial charge in [0.15, 0.2) is 5.76 Å². The second kappa shape index (κ2) is 10.7. The highest BCUT2D eigenvalue weighted by Crippen LogP contribution is 2.25. The van der Waals surface area contributed by atoms with E-state index in [1.165, 1.54) is 0 Å². The third-order valence-electron chi connectivity index (χ3n) is 4.67. The van der Waals surface area contributed by atoms with Crippen molar-refractivity contribution in [2.75, 3.05) is 6.61 Å². The fourth-order valence-corrected chi connectivity index (χ4v) is 3.89. The second-order valence-corrected chi connectivity index (χ2v) is 8.65. The highest BCUT2D eigenvalue weighted by molar-refractivity contribution is 14.1. The third kappa shape index (κ3) is 6.06. The highest BCUT2D eigenvalue weighted by atomic mass is 127. The molecule has 1 amide bonds. The fourth-order valence-electron chi connectivity index (χ4n) is 3.07. The summed E-state index contributed by atoms with van der Waals surface area (Å²) in [6.45, 7) is 2.93. The molecule has 0 fully saturated rings. The molecule has 3 aromatic carbocycles. The molecular formula is C25H20ClIN2O4. The zero-order chi connectivity index (χ0) is 23.2. The Hall–Kier alpha value is -3.04. The number of fused-ring (bicyclic) bond motifs is 1. The molecule has 4 aromatic rings. The van der Waals surface area contributed by atoms with Gasteiger partial charge in [0.05, 0.1) is 16.4 Å². The number of nitrogens with one attached hydrogen (secondary N) is 1. The first-order chi connectivity index (χ1) is 16.0. The number of furan rings is 1. The summed E-state index contributed by atoms with van der Waals surface area (Å²) < 4.78 is 17.9. The molecule has 0 spiro atoms. The van der Waals surface area contributed by atoms with Crippen molar-refractivity contribution in [2.24, 2.45) is 5.10 Å². The van der Waals surface area contributed by atoms with Gasteiger partial charge in [0.1, 0.15) is 23.7 Å². The van der Waals surface area contributed by atoms with E-state index in [2.05, 4.69) is 33.1 Å². The average molecular weight is 575 g/mol. The third-order valence-corrected chi connectivity index (χ3v) is 5.76. The summed E-state index contributed by atoms with van der Waals surface area (Å²) in [6, 6.07) is 20.3. The minimum absolute atomic E-state index is 0.177. The van der Waals surface area contributed by atoms with Crippen molar-refractivity contribution in [1.29, 1.82) is 0 Å². The zero-order valence-electron chi connectivity index (χ0n) is 17.7. The predicted octanol–water partition coefficient (Wildman–Crippen LogP) is 6.43. The van der Waals surface area contributed by atoms with E-state index >= 15 is 0 Å². The van der Waals surface area contributed by atoms with E-state index in [0.717, 1.165) is 31.6 Å². The Kier molecular flexibility index (Phi) is 7.51. The van der Waals surface area contributed by atoms with E-state index in [4.69, 9.17) is 25.5 Å². The Balaban J connectivity index is 1.35. The molecular weight excluding hydrogens is 555 g/mol. The van der Waals surface area contributed by atoms with Crippen LogP contribution in [0, 0.1) is 3.57 Å². The van der Waals surface area contributed by atoms with Crippen LogP contribution in [0.1, 0.15) is 28.6 Å². The molecule has 0 radical (unpaired) electrons. The van der Waals surface area contributed by atoms with E-state index in [0.29, 0.717) is 23.8 Å². The number of benzene rings is 3. The number of amides is 1. The van der Waals surface area contributed by atoms with Crippen LogP contribution in [0.25, 0.3) is 11.0 Å². The molecule has 33 heavy (non-hydrogen) atoms. The van der Waals surface area contributed by atoms with Gasteiger partial charge in [-0.25, -0.2) is 5.43 Å². The Labute approximate surface area is 209 Å². The Morgan fingerprint density at radius 3 is 2.67 bits per heavy atom. The van der Waals surface area contributed by atoms with Crippen molar-refractivity contribution in [3.8, 4) is 11.5 Å². The number of hydrogen-bond acceptors (Lipinski definition) is 5. The van der Waals surface area contributed by atoms with Gasteiger partial charge in [-0.3, -0.25) is 4.79 Å². The van der Waals surface area contributed by atoms with Gasteiger partial charge in [0.2, 0.25) is 0 Å². The number of carbonyl (C=O) groups is 1. The number of carbonyl (C=O) groups excluding carboxylic acids is 1. The predicted molar refractivity (Wildman–Crippen MR) is 137 cm³/mol. The smallest absolute Gasteiger partial charge is 0.307 e. The number of hydrazone groups is 1. The lowest BCUT2D eigenvalue weighted by Crippen LogP contribution is -2.16. The largest absolute Gasteiger partial charge is 0.494 e. The van der Waals surface area contributed by atoms with Gasteiger partial charge in [-0.15, -0.1) is 0 Å². The van der Waals surface area contributed by atoms with Crippen LogP contribution < -0.4 is 14.9 Å². The number of hydrogen-bond donors (Lipinski definition) is 1. The summed E-state index contributed by atoms with van der Waals surface area (Å²) in [5.74, 6) is 1.24. The van der Waals surface area contributed by atoms with Crippen LogP contribution >= 0.6 is 34.2 Å². The zero-order valence-corrected chi connectivity index (χ0v) is 20.6. The van der Waals surface area contributed by atoms with Crippen LogP contribution in [0.5, 0.6) is 11.5 Å². The average Bonchev–Trinajstić information content (AvgIpc) is 3.23. The summed E-state index contributed by atoms with van der Waals surface area (Å²) >= 11 is 8.12. The van der Waals surface area contributed by atoms with Crippen LogP contribution in [0.3, 0.4) is 0 Å². The van der Waals surface area contributed by atoms with Crippen LogP contribution in [-0.2, 0) is 6.61 Å². The number of halogens is 2. The number of nitrogens with zero attached hydrogens (tertiary/aromatic N) is 1. The first kappa shape index (κ1) is 23.1. The molecule has 0 bridgehead atoms. The van der Waals surface area contributed by atoms with E-state index in [-0.39, 0.29) is 5.76 Å². The number of rotatable bonds is 8. The first-order valence-corrected chi connectivity index (χ1v) is 11.6. The first-order valence-electron chi connectivity index (χ1n) is 10.2. The van der Waals surface area contributed by atoms with Crippen LogP contribution in [-0.4, -0.2) is 18.7 Å². The molecule has 4 rings (SSSR count). The van der Waals surface area contributed by atoms with E-state index in [1.807, 2.05) is 55.5 Å². The molecule has 1 aromatic heterocycles. The molecule has 1 heterocycles. The Bertz CT molecular complexity index is 1300. The molecule has 0 aliphatic carbocycles. The second-order valence-electron chi connectivity index (χ2n) is 7.05. The Morgan fingerprint density at radius 1 is 1.09 bits per heavy atom. The van der Waals surface area contributed by atoms with E-state index in [1.54, 1.807) is 24.4 Å². The lowest BCUT2D eigenvalue weighted by atomic mass is 10.2. The Morgan fingerprint density at radius 2 is 1.91 bits per heavy atom. The van der Waals surface area contributed by atoms with Crippen LogP contribution in [0.15, 0.2) is 76.2 Å². The van der Waals surface area contributed by atoms with Crippen molar-refractivity contribution in [1.82, 2.24) is 5.43 Å². The topological polar surface area (TPSA) is 73.1 Å². The maximum atomic E-state index is 12.4. The maximum Gasteiger partial charge on any atom is 0.307 e. The quantitative estimate of drug-likeness (QED) is 0.150. The summed E-state index contributed by atoms with van der Waals surface area (Å²) in [5, 5.41) is 5.53. The molecule has 0 saturated carbocycles. The molecule has 0 aliphatic heterocycles. The van der Waals surface area contributed by atoms with Gasteiger partial charge in [0, 0.05) is 10.4 Å². The lowest BCUT2D eigenvalue weighted by Gasteiger charge is -2.09. The van der Waals surface area contributed by atoms with Crippen molar-refractivity contribution in [3.05, 3.63) is 92.2 Å². The van der Waals surface area contributed by atoms with Crippen molar-refractivity contribution in [2.45, 2.75) is 13.5 Å². The monoisotopic (exact) mass is 574 g/mol. The molecule has 0 unspecified atom stereocenters. The molecule has 0 aliphatic rings. The fraction of sp³-hybridized carbons (Fsp3) is 0.120. The van der Waals surface area contributed by atoms with E-state index in [9.17, 15) is 4.79 Å². The molecule has 0 saturated heterocycles. The summed E-state index contributed by atoms with van der Waals surface area (Å²) in [4.78, 5) is 12.4. The van der Waals surface area contributed by atoms with Gasteiger partial charge in [0.25, 0.3) is 0 Å². The van der Waals surface area contributed by atoms with Gasteiger partial charge in [-0.1, -0.05) is 23.7 Å². The van der Waals surface area contributed by atoms with Crippen molar-refractivity contribution < 1.29 is 18.7 Å². The number of ether oxygens (including phenoxy) is 2. The SMILES string of the molecule is CCOc1ccc2oc(C(=O)N/N=C/c3ccc(OCc4ccc(Cl)cc4)c(I)c3)cc2c1. The molecule has 0 atom stereocenters.